The zero-order chi connectivity index (χ0) is 15.1. The third-order valence-electron chi connectivity index (χ3n) is 3.06. The monoisotopic (exact) mass is 308 g/mol. The predicted octanol–water partition coefficient (Wildman–Crippen LogP) is 0.753. The second-order valence-corrected chi connectivity index (χ2v) is 6.48. The fourth-order valence-electron chi connectivity index (χ4n) is 1.92. The maximum atomic E-state index is 12.1. The van der Waals surface area contributed by atoms with Crippen LogP contribution in [0, 0.1) is 0 Å². The molecule has 1 aromatic carbocycles. The molecular weight excluding hydrogens is 288 g/mol. The Labute approximate surface area is 125 Å². The predicted molar refractivity (Wildman–Crippen MR) is 81.2 cm³/mol. The minimum Gasteiger partial charge on any atom is -0.330 e. The van der Waals surface area contributed by atoms with Crippen LogP contribution in [-0.2, 0) is 23.0 Å². The van der Waals surface area contributed by atoms with Crippen LogP contribution in [0.4, 0.5) is 0 Å². The SMILES string of the molecule is NCCCn1cc(S(=O)(=O)NCCc2ccccc2)cn1. The highest BCUT2D eigenvalue weighted by molar-refractivity contribution is 7.89. The van der Waals surface area contributed by atoms with Gasteiger partial charge in [0.05, 0.1) is 6.20 Å². The van der Waals surface area contributed by atoms with Crippen molar-refractivity contribution in [3.8, 4) is 0 Å². The van der Waals surface area contributed by atoms with Crippen molar-refractivity contribution in [2.75, 3.05) is 13.1 Å². The largest absolute Gasteiger partial charge is 0.330 e. The molecule has 1 heterocycles. The molecule has 1 aromatic heterocycles. The summed E-state index contributed by atoms with van der Waals surface area (Å²) in [6.45, 7) is 1.54. The molecule has 0 fully saturated rings. The summed E-state index contributed by atoms with van der Waals surface area (Å²) in [6.07, 6.45) is 4.31. The van der Waals surface area contributed by atoms with E-state index in [4.69, 9.17) is 5.73 Å². The van der Waals surface area contributed by atoms with Gasteiger partial charge >= 0.3 is 0 Å². The van der Waals surface area contributed by atoms with E-state index in [2.05, 4.69) is 9.82 Å². The molecule has 0 aliphatic heterocycles. The maximum Gasteiger partial charge on any atom is 0.243 e. The van der Waals surface area contributed by atoms with Crippen LogP contribution in [0.1, 0.15) is 12.0 Å². The summed E-state index contributed by atoms with van der Waals surface area (Å²) in [5.41, 5.74) is 6.51. The first-order valence-electron chi connectivity index (χ1n) is 6.88. The first-order chi connectivity index (χ1) is 10.1. The topological polar surface area (TPSA) is 90.0 Å². The van der Waals surface area contributed by atoms with Crippen LogP contribution in [0.3, 0.4) is 0 Å². The van der Waals surface area contributed by atoms with Crippen molar-refractivity contribution in [3.05, 3.63) is 48.3 Å². The third-order valence-corrected chi connectivity index (χ3v) is 4.48. The highest BCUT2D eigenvalue weighted by atomic mass is 32.2. The second-order valence-electron chi connectivity index (χ2n) is 4.71. The average Bonchev–Trinajstić information content (AvgIpc) is 2.96. The molecule has 0 radical (unpaired) electrons. The van der Waals surface area contributed by atoms with E-state index in [9.17, 15) is 8.42 Å². The molecule has 2 aromatic rings. The third kappa shape index (κ3) is 4.66. The van der Waals surface area contributed by atoms with Gasteiger partial charge in [-0.15, -0.1) is 0 Å². The van der Waals surface area contributed by atoms with E-state index in [0.717, 1.165) is 12.0 Å². The fourth-order valence-corrected chi connectivity index (χ4v) is 2.90. The Hall–Kier alpha value is -1.70. The van der Waals surface area contributed by atoms with Crippen molar-refractivity contribution in [1.82, 2.24) is 14.5 Å². The summed E-state index contributed by atoms with van der Waals surface area (Å²) in [7, 11) is -3.50. The Morgan fingerprint density at radius 2 is 2.00 bits per heavy atom. The van der Waals surface area contributed by atoms with Crippen molar-refractivity contribution >= 4 is 10.0 Å². The van der Waals surface area contributed by atoms with Gasteiger partial charge in [0, 0.05) is 19.3 Å². The van der Waals surface area contributed by atoms with Gasteiger partial charge in [-0.2, -0.15) is 5.10 Å². The van der Waals surface area contributed by atoms with E-state index in [1.807, 2.05) is 30.3 Å². The summed E-state index contributed by atoms with van der Waals surface area (Å²) in [4.78, 5) is 0.188. The molecule has 7 heteroatoms. The molecule has 0 saturated heterocycles. The van der Waals surface area contributed by atoms with Crippen molar-refractivity contribution in [2.45, 2.75) is 24.3 Å². The van der Waals surface area contributed by atoms with Crippen molar-refractivity contribution in [1.29, 1.82) is 0 Å². The van der Waals surface area contributed by atoms with Gasteiger partial charge in [-0.25, -0.2) is 13.1 Å². The van der Waals surface area contributed by atoms with Gasteiger partial charge in [0.2, 0.25) is 10.0 Å². The van der Waals surface area contributed by atoms with Crippen LogP contribution < -0.4 is 10.5 Å². The maximum absolute atomic E-state index is 12.1. The molecule has 0 atom stereocenters. The fraction of sp³-hybridized carbons (Fsp3) is 0.357. The molecule has 0 bridgehead atoms. The molecular formula is C14H20N4O2S. The van der Waals surface area contributed by atoms with Crippen LogP contribution in [0.5, 0.6) is 0 Å². The molecule has 2 rings (SSSR count). The molecule has 6 nitrogen and oxygen atoms in total. The molecule has 0 aliphatic carbocycles. The Balaban J connectivity index is 1.90. The molecule has 114 valence electrons. The average molecular weight is 308 g/mol. The number of aryl methyl sites for hydroxylation is 1. The molecule has 3 N–H and O–H groups in total. The van der Waals surface area contributed by atoms with Crippen molar-refractivity contribution in [3.63, 3.8) is 0 Å². The number of nitrogens with zero attached hydrogens (tertiary/aromatic N) is 2. The zero-order valence-electron chi connectivity index (χ0n) is 11.8. The highest BCUT2D eigenvalue weighted by Gasteiger charge is 2.15. The lowest BCUT2D eigenvalue weighted by Gasteiger charge is -2.04. The van der Waals surface area contributed by atoms with Crippen LogP contribution in [0.2, 0.25) is 0 Å². The number of benzene rings is 1. The minimum absolute atomic E-state index is 0.188. The number of rotatable bonds is 8. The smallest absolute Gasteiger partial charge is 0.243 e. The van der Waals surface area contributed by atoms with E-state index < -0.39 is 10.0 Å². The second kappa shape index (κ2) is 7.35. The van der Waals surface area contributed by atoms with Gasteiger partial charge in [-0.05, 0) is 24.9 Å². The normalized spacial score (nSPS) is 11.7. The molecule has 0 unspecified atom stereocenters. The molecule has 0 saturated carbocycles. The summed E-state index contributed by atoms with van der Waals surface area (Å²) in [6, 6.07) is 9.75. The molecule has 0 aliphatic rings. The van der Waals surface area contributed by atoms with Crippen molar-refractivity contribution < 1.29 is 8.42 Å². The van der Waals surface area contributed by atoms with Crippen LogP contribution in [-0.4, -0.2) is 31.3 Å². The van der Waals surface area contributed by atoms with Gasteiger partial charge < -0.3 is 5.73 Å². The summed E-state index contributed by atoms with van der Waals surface area (Å²) >= 11 is 0. The Bertz CT molecular complexity index is 653. The van der Waals surface area contributed by atoms with Crippen LogP contribution >= 0.6 is 0 Å². The van der Waals surface area contributed by atoms with Gasteiger partial charge in [0.15, 0.2) is 0 Å². The highest BCUT2D eigenvalue weighted by Crippen LogP contribution is 2.07. The molecule has 0 spiro atoms. The number of nitrogens with two attached hydrogens (primary N) is 1. The Morgan fingerprint density at radius 1 is 1.24 bits per heavy atom. The summed E-state index contributed by atoms with van der Waals surface area (Å²) < 4.78 is 28.4. The zero-order valence-corrected chi connectivity index (χ0v) is 12.6. The number of aromatic nitrogens is 2. The summed E-state index contributed by atoms with van der Waals surface area (Å²) in [5, 5.41) is 4.03. The van der Waals surface area contributed by atoms with E-state index in [1.54, 1.807) is 4.68 Å². The van der Waals surface area contributed by atoms with Gasteiger partial charge in [-0.3, -0.25) is 4.68 Å². The van der Waals surface area contributed by atoms with E-state index in [0.29, 0.717) is 26.1 Å². The van der Waals surface area contributed by atoms with Crippen molar-refractivity contribution in [2.24, 2.45) is 5.73 Å². The van der Waals surface area contributed by atoms with E-state index in [-0.39, 0.29) is 4.90 Å². The van der Waals surface area contributed by atoms with Gasteiger partial charge in [0.1, 0.15) is 4.90 Å². The van der Waals surface area contributed by atoms with Crippen LogP contribution in [0.15, 0.2) is 47.6 Å². The number of sulfonamides is 1. The minimum atomic E-state index is -3.50. The lowest BCUT2D eigenvalue weighted by Crippen LogP contribution is -2.25. The lowest BCUT2D eigenvalue weighted by atomic mass is 10.2. The number of hydrogen-bond donors (Lipinski definition) is 2. The van der Waals surface area contributed by atoms with E-state index in [1.165, 1.54) is 12.4 Å². The van der Waals surface area contributed by atoms with E-state index >= 15 is 0 Å². The number of nitrogens with one attached hydrogen (secondary N) is 1. The first kappa shape index (κ1) is 15.7. The van der Waals surface area contributed by atoms with Gasteiger partial charge in [-0.1, -0.05) is 30.3 Å². The first-order valence-corrected chi connectivity index (χ1v) is 8.36. The standard InChI is InChI=1S/C14H20N4O2S/c15-8-4-10-18-12-14(11-16-18)21(19,20)17-9-7-13-5-2-1-3-6-13/h1-3,5-6,11-12,17H,4,7-10,15H2. The molecule has 0 amide bonds. The number of hydrogen-bond acceptors (Lipinski definition) is 4. The van der Waals surface area contributed by atoms with Crippen LogP contribution in [0.25, 0.3) is 0 Å². The molecule has 21 heavy (non-hydrogen) atoms. The van der Waals surface area contributed by atoms with Gasteiger partial charge in [0.25, 0.3) is 0 Å². The Kier molecular flexibility index (Phi) is 5.49. The quantitative estimate of drug-likeness (QED) is 0.753. The lowest BCUT2D eigenvalue weighted by molar-refractivity contribution is 0.576. The summed E-state index contributed by atoms with van der Waals surface area (Å²) in [5.74, 6) is 0. The Morgan fingerprint density at radius 3 is 2.71 bits per heavy atom.